The lowest BCUT2D eigenvalue weighted by Crippen LogP contribution is -2.14. The first-order valence-corrected chi connectivity index (χ1v) is 7.37. The zero-order valence-corrected chi connectivity index (χ0v) is 11.5. The fourth-order valence-electron chi connectivity index (χ4n) is 2.96. The summed E-state index contributed by atoms with van der Waals surface area (Å²) in [4.78, 5) is 0. The molecular weight excluding hydrogens is 228 g/mol. The average molecular weight is 251 g/mol. The van der Waals surface area contributed by atoms with Crippen LogP contribution in [0.4, 0.5) is 0 Å². The third-order valence-electron chi connectivity index (χ3n) is 3.85. The Morgan fingerprint density at radius 1 is 1.24 bits per heavy atom. The van der Waals surface area contributed by atoms with Gasteiger partial charge < -0.3 is 0 Å². The van der Waals surface area contributed by atoms with Crippen LogP contribution in [-0.2, 0) is 6.42 Å². The lowest BCUT2D eigenvalue weighted by Gasteiger charge is -2.23. The highest BCUT2D eigenvalue weighted by molar-refractivity contribution is 6.20. The van der Waals surface area contributed by atoms with Gasteiger partial charge in [-0.3, -0.25) is 0 Å². The normalized spacial score (nSPS) is 19.2. The van der Waals surface area contributed by atoms with Crippen molar-refractivity contribution in [2.75, 3.05) is 0 Å². The fraction of sp³-hybridized carbons (Fsp3) is 0.625. The van der Waals surface area contributed by atoms with Gasteiger partial charge in [-0.05, 0) is 31.2 Å². The van der Waals surface area contributed by atoms with Crippen molar-refractivity contribution in [2.24, 2.45) is 5.92 Å². The van der Waals surface area contributed by atoms with Crippen molar-refractivity contribution in [3.63, 3.8) is 0 Å². The molecule has 0 saturated heterocycles. The zero-order chi connectivity index (χ0) is 12.1. The van der Waals surface area contributed by atoms with Crippen molar-refractivity contribution in [1.82, 2.24) is 0 Å². The van der Waals surface area contributed by atoms with E-state index in [2.05, 4.69) is 31.2 Å². The maximum atomic E-state index is 6.50. The summed E-state index contributed by atoms with van der Waals surface area (Å²) >= 11 is 6.50. The second-order valence-corrected chi connectivity index (χ2v) is 6.15. The zero-order valence-electron chi connectivity index (χ0n) is 10.8. The summed E-state index contributed by atoms with van der Waals surface area (Å²) in [5.74, 6) is 0.885. The van der Waals surface area contributed by atoms with Gasteiger partial charge in [0, 0.05) is 5.38 Å². The molecule has 0 spiro atoms. The molecule has 1 aromatic rings. The molecule has 0 N–H and O–H groups in total. The highest BCUT2D eigenvalue weighted by Gasteiger charge is 2.17. The third kappa shape index (κ3) is 4.35. The summed E-state index contributed by atoms with van der Waals surface area (Å²) in [6.07, 6.45) is 9.29. The van der Waals surface area contributed by atoms with E-state index < -0.39 is 0 Å². The van der Waals surface area contributed by atoms with Gasteiger partial charge in [0.05, 0.1) is 0 Å². The van der Waals surface area contributed by atoms with Gasteiger partial charge in [0.1, 0.15) is 0 Å². The highest BCUT2D eigenvalue weighted by Crippen LogP contribution is 2.29. The van der Waals surface area contributed by atoms with Gasteiger partial charge >= 0.3 is 0 Å². The van der Waals surface area contributed by atoms with Crippen LogP contribution in [-0.4, -0.2) is 5.38 Å². The summed E-state index contributed by atoms with van der Waals surface area (Å²) in [5.41, 5.74) is 2.73. The van der Waals surface area contributed by atoms with Gasteiger partial charge in [-0.15, -0.1) is 11.6 Å². The van der Waals surface area contributed by atoms with Crippen molar-refractivity contribution >= 4 is 11.6 Å². The minimum absolute atomic E-state index is 0.319. The molecule has 1 fully saturated rings. The Morgan fingerprint density at radius 2 is 2.00 bits per heavy atom. The maximum Gasteiger partial charge on any atom is 0.0379 e. The SMILES string of the molecule is Cc1cccc(CC(Cl)CC2CCCCC2)c1. The molecule has 2 rings (SSSR count). The minimum Gasteiger partial charge on any atom is -0.123 e. The van der Waals surface area contributed by atoms with E-state index >= 15 is 0 Å². The van der Waals surface area contributed by atoms with E-state index in [4.69, 9.17) is 11.6 Å². The largest absolute Gasteiger partial charge is 0.123 e. The Kier molecular flexibility index (Phi) is 4.91. The van der Waals surface area contributed by atoms with E-state index in [1.54, 1.807) is 0 Å². The Labute approximate surface area is 110 Å². The van der Waals surface area contributed by atoms with Crippen LogP contribution in [0.25, 0.3) is 0 Å². The molecule has 0 aromatic heterocycles. The Balaban J connectivity index is 1.82. The highest BCUT2D eigenvalue weighted by atomic mass is 35.5. The first kappa shape index (κ1) is 13.0. The van der Waals surface area contributed by atoms with E-state index in [9.17, 15) is 0 Å². The van der Waals surface area contributed by atoms with Crippen LogP contribution in [0.2, 0.25) is 0 Å². The number of alkyl halides is 1. The first-order valence-electron chi connectivity index (χ1n) is 6.93. The number of hydrogen-bond donors (Lipinski definition) is 0. The Hall–Kier alpha value is -0.490. The van der Waals surface area contributed by atoms with Gasteiger partial charge in [0.2, 0.25) is 0 Å². The van der Waals surface area contributed by atoms with E-state index in [1.165, 1.54) is 49.7 Å². The molecule has 0 heterocycles. The quantitative estimate of drug-likeness (QED) is 0.651. The summed E-state index contributed by atoms with van der Waals surface area (Å²) in [5, 5.41) is 0.319. The molecule has 1 aliphatic rings. The second kappa shape index (κ2) is 6.44. The van der Waals surface area contributed by atoms with Crippen LogP contribution in [0.1, 0.15) is 49.7 Å². The predicted octanol–water partition coefficient (Wildman–Crippen LogP) is 5.12. The van der Waals surface area contributed by atoms with E-state index in [0.29, 0.717) is 5.38 Å². The summed E-state index contributed by atoms with van der Waals surface area (Å²) in [7, 11) is 0. The first-order chi connectivity index (χ1) is 8.24. The number of rotatable bonds is 4. The molecule has 0 nitrogen and oxygen atoms in total. The number of hydrogen-bond acceptors (Lipinski definition) is 0. The molecule has 1 aromatic carbocycles. The molecule has 1 atom stereocenters. The molecule has 0 aliphatic heterocycles. The molecule has 0 bridgehead atoms. The molecule has 0 radical (unpaired) electrons. The van der Waals surface area contributed by atoms with Crippen molar-refractivity contribution < 1.29 is 0 Å². The van der Waals surface area contributed by atoms with Crippen LogP contribution >= 0.6 is 11.6 Å². The molecule has 1 heteroatoms. The predicted molar refractivity (Wildman–Crippen MR) is 75.7 cm³/mol. The second-order valence-electron chi connectivity index (χ2n) is 5.53. The topological polar surface area (TPSA) is 0 Å². The molecular formula is C16H23Cl. The number of benzene rings is 1. The molecule has 1 aliphatic carbocycles. The van der Waals surface area contributed by atoms with Crippen molar-refractivity contribution in [1.29, 1.82) is 0 Å². The van der Waals surface area contributed by atoms with Gasteiger partial charge in [-0.1, -0.05) is 61.9 Å². The monoisotopic (exact) mass is 250 g/mol. The van der Waals surface area contributed by atoms with Crippen LogP contribution in [0, 0.1) is 12.8 Å². The summed E-state index contributed by atoms with van der Waals surface area (Å²) in [6, 6.07) is 8.74. The van der Waals surface area contributed by atoms with Crippen LogP contribution in [0.3, 0.4) is 0 Å². The van der Waals surface area contributed by atoms with Crippen LogP contribution in [0.15, 0.2) is 24.3 Å². The lowest BCUT2D eigenvalue weighted by atomic mass is 9.85. The smallest absolute Gasteiger partial charge is 0.0379 e. The van der Waals surface area contributed by atoms with E-state index in [0.717, 1.165) is 12.3 Å². The summed E-state index contributed by atoms with van der Waals surface area (Å²) < 4.78 is 0. The summed E-state index contributed by atoms with van der Waals surface area (Å²) in [6.45, 7) is 2.15. The van der Waals surface area contributed by atoms with Gasteiger partial charge in [-0.2, -0.15) is 0 Å². The molecule has 1 saturated carbocycles. The van der Waals surface area contributed by atoms with Gasteiger partial charge in [0.25, 0.3) is 0 Å². The number of halogens is 1. The van der Waals surface area contributed by atoms with Gasteiger partial charge in [-0.25, -0.2) is 0 Å². The van der Waals surface area contributed by atoms with Crippen molar-refractivity contribution in [3.8, 4) is 0 Å². The minimum atomic E-state index is 0.319. The average Bonchev–Trinajstić information content (AvgIpc) is 2.30. The third-order valence-corrected chi connectivity index (χ3v) is 4.19. The van der Waals surface area contributed by atoms with Crippen molar-refractivity contribution in [2.45, 2.75) is 57.2 Å². The Morgan fingerprint density at radius 3 is 2.71 bits per heavy atom. The van der Waals surface area contributed by atoms with Gasteiger partial charge in [0.15, 0.2) is 0 Å². The fourth-order valence-corrected chi connectivity index (χ4v) is 3.39. The van der Waals surface area contributed by atoms with Crippen LogP contribution in [0.5, 0.6) is 0 Å². The lowest BCUT2D eigenvalue weighted by molar-refractivity contribution is 0.334. The maximum absolute atomic E-state index is 6.50. The van der Waals surface area contributed by atoms with Crippen LogP contribution < -0.4 is 0 Å². The van der Waals surface area contributed by atoms with Crippen molar-refractivity contribution in [3.05, 3.63) is 35.4 Å². The number of aryl methyl sites for hydroxylation is 1. The Bertz CT molecular complexity index is 339. The molecule has 94 valence electrons. The molecule has 1 unspecified atom stereocenters. The standard InChI is InChI=1S/C16H23Cl/c1-13-6-5-9-15(10-13)12-16(17)11-14-7-3-2-4-8-14/h5-6,9-10,14,16H,2-4,7-8,11-12H2,1H3. The molecule has 17 heavy (non-hydrogen) atoms. The van der Waals surface area contributed by atoms with E-state index in [1.807, 2.05) is 0 Å². The van der Waals surface area contributed by atoms with E-state index in [-0.39, 0.29) is 0 Å². The molecule has 0 amide bonds.